The number of hydrogen-bond donors (Lipinski definition) is 2. The largest absolute Gasteiger partial charge is 0.271 e. The Morgan fingerprint density at radius 1 is 1.10 bits per heavy atom. The molecule has 0 radical (unpaired) electrons. The molecule has 0 amide bonds. The number of rotatable bonds is 4. The summed E-state index contributed by atoms with van der Waals surface area (Å²) in [6, 6.07) is -1.29. The molecule has 0 aliphatic heterocycles. The summed E-state index contributed by atoms with van der Waals surface area (Å²) in [5.74, 6) is -4.81. The second-order valence-electron chi connectivity index (χ2n) is 4.29. The van der Waals surface area contributed by atoms with Crippen molar-refractivity contribution in [3.05, 3.63) is 50.7 Å². The highest BCUT2D eigenvalue weighted by Gasteiger charge is 2.30. The first kappa shape index (κ1) is 15.8. The van der Waals surface area contributed by atoms with Crippen LogP contribution in [-0.2, 0) is 6.42 Å². The molecule has 0 saturated heterocycles. The quantitative estimate of drug-likeness (QED) is 0.299. The van der Waals surface area contributed by atoms with Crippen LogP contribution in [0, 0.1) is 36.0 Å². The highest BCUT2D eigenvalue weighted by atomic mass is 32.1. The summed E-state index contributed by atoms with van der Waals surface area (Å²) in [7, 11) is 0. The minimum absolute atomic E-state index is 0.104. The molecular weight excluding hydrogens is 313 g/mol. The van der Waals surface area contributed by atoms with Crippen molar-refractivity contribution in [2.24, 2.45) is 5.84 Å². The van der Waals surface area contributed by atoms with E-state index in [-0.39, 0.29) is 6.42 Å². The number of halogens is 5. The zero-order valence-electron chi connectivity index (χ0n) is 10.7. The topological polar surface area (TPSA) is 50.9 Å². The van der Waals surface area contributed by atoms with Crippen molar-refractivity contribution >= 4 is 11.3 Å². The Bertz CT molecular complexity index is 644. The van der Waals surface area contributed by atoms with Crippen LogP contribution >= 0.6 is 11.3 Å². The number of aryl methyl sites for hydroxylation is 1. The van der Waals surface area contributed by atoms with Crippen molar-refractivity contribution in [1.29, 1.82) is 0 Å². The number of thiazole rings is 1. The maximum Gasteiger partial charge on any atom is 0.200 e. The first-order valence-corrected chi connectivity index (χ1v) is 6.63. The maximum absolute atomic E-state index is 13.7. The summed E-state index contributed by atoms with van der Waals surface area (Å²) in [6.07, 6.45) is -0.104. The molecule has 0 bridgehead atoms. The van der Waals surface area contributed by atoms with Crippen molar-refractivity contribution < 1.29 is 22.0 Å². The Kier molecular flexibility index (Phi) is 4.55. The summed E-state index contributed by atoms with van der Waals surface area (Å²) >= 11 is 1.20. The second kappa shape index (κ2) is 6.04. The molecule has 0 spiro atoms. The van der Waals surface area contributed by atoms with E-state index >= 15 is 0 Å². The molecule has 114 valence electrons. The van der Waals surface area contributed by atoms with Crippen LogP contribution in [0.5, 0.6) is 0 Å². The monoisotopic (exact) mass is 323 g/mol. The predicted molar refractivity (Wildman–Crippen MR) is 66.9 cm³/mol. The summed E-state index contributed by atoms with van der Waals surface area (Å²) in [6.45, 7) is 1.71. The lowest BCUT2D eigenvalue weighted by Crippen LogP contribution is -2.32. The first-order chi connectivity index (χ1) is 9.86. The number of aromatic nitrogens is 1. The van der Waals surface area contributed by atoms with Gasteiger partial charge in [-0.1, -0.05) is 0 Å². The molecule has 1 aromatic carbocycles. The molecule has 0 saturated carbocycles. The minimum Gasteiger partial charge on any atom is -0.271 e. The molecule has 0 aliphatic carbocycles. The van der Waals surface area contributed by atoms with Crippen molar-refractivity contribution in [3.63, 3.8) is 0 Å². The molecule has 0 fully saturated rings. The summed E-state index contributed by atoms with van der Waals surface area (Å²) in [4.78, 5) is 4.06. The van der Waals surface area contributed by atoms with Gasteiger partial charge in [-0.3, -0.25) is 11.3 Å². The lowest BCUT2D eigenvalue weighted by atomic mass is 10.0. The van der Waals surface area contributed by atoms with Gasteiger partial charge in [-0.25, -0.2) is 26.9 Å². The zero-order valence-corrected chi connectivity index (χ0v) is 11.5. The van der Waals surface area contributed by atoms with Crippen LogP contribution in [0.1, 0.15) is 22.3 Å². The van der Waals surface area contributed by atoms with E-state index in [1.165, 1.54) is 11.3 Å². The van der Waals surface area contributed by atoms with Gasteiger partial charge >= 0.3 is 0 Å². The molecule has 21 heavy (non-hydrogen) atoms. The molecule has 3 nitrogen and oxygen atoms in total. The highest BCUT2D eigenvalue weighted by Crippen LogP contribution is 2.29. The third kappa shape index (κ3) is 2.89. The molecule has 1 unspecified atom stereocenters. The summed E-state index contributed by atoms with van der Waals surface area (Å²) in [5, 5.41) is 2.15. The van der Waals surface area contributed by atoms with Gasteiger partial charge in [0.2, 0.25) is 5.82 Å². The minimum atomic E-state index is -2.20. The standard InChI is InChI=1S/C12H10F5N3S/c1-4-3-21-6(19-4)2-5(20-18)7-8(13)10(15)12(17)11(16)9(7)14/h3,5,20H,2,18H2,1H3. The van der Waals surface area contributed by atoms with E-state index in [0.717, 1.165) is 0 Å². The van der Waals surface area contributed by atoms with E-state index in [0.29, 0.717) is 10.7 Å². The Morgan fingerprint density at radius 3 is 2.05 bits per heavy atom. The van der Waals surface area contributed by atoms with Crippen LogP contribution in [-0.4, -0.2) is 4.98 Å². The smallest absolute Gasteiger partial charge is 0.200 e. The molecule has 0 aliphatic rings. The van der Waals surface area contributed by atoms with E-state index in [9.17, 15) is 22.0 Å². The molecule has 1 heterocycles. The van der Waals surface area contributed by atoms with Crippen LogP contribution < -0.4 is 11.3 Å². The molecule has 3 N–H and O–H groups in total. The van der Waals surface area contributed by atoms with Crippen molar-refractivity contribution in [2.75, 3.05) is 0 Å². The molecular formula is C12H10F5N3S. The van der Waals surface area contributed by atoms with Gasteiger partial charge in [0.05, 0.1) is 11.0 Å². The lowest BCUT2D eigenvalue weighted by Gasteiger charge is -2.17. The van der Waals surface area contributed by atoms with Crippen LogP contribution in [0.25, 0.3) is 0 Å². The average molecular weight is 323 g/mol. The number of nitrogens with zero attached hydrogens (tertiary/aromatic N) is 1. The summed E-state index contributed by atoms with van der Waals surface area (Å²) in [5.41, 5.74) is 1.75. The van der Waals surface area contributed by atoms with Crippen LogP contribution in [0.2, 0.25) is 0 Å². The Balaban J connectivity index is 2.47. The van der Waals surface area contributed by atoms with Crippen LogP contribution in [0.15, 0.2) is 5.38 Å². The summed E-state index contributed by atoms with van der Waals surface area (Å²) < 4.78 is 66.8. The van der Waals surface area contributed by atoms with E-state index < -0.39 is 40.7 Å². The molecule has 1 aromatic heterocycles. The third-order valence-electron chi connectivity index (χ3n) is 2.84. The van der Waals surface area contributed by atoms with Gasteiger partial charge < -0.3 is 0 Å². The average Bonchev–Trinajstić information content (AvgIpc) is 2.87. The fraction of sp³-hybridized carbons (Fsp3) is 0.250. The third-order valence-corrected chi connectivity index (χ3v) is 3.83. The van der Waals surface area contributed by atoms with E-state index in [1.807, 2.05) is 0 Å². The predicted octanol–water partition coefficient (Wildman–Crippen LogP) is 2.89. The molecule has 2 aromatic rings. The Morgan fingerprint density at radius 2 is 1.62 bits per heavy atom. The van der Waals surface area contributed by atoms with Gasteiger partial charge in [-0.05, 0) is 6.92 Å². The number of nitrogens with one attached hydrogen (secondary N) is 1. The van der Waals surface area contributed by atoms with Crippen molar-refractivity contribution in [1.82, 2.24) is 10.4 Å². The number of nitrogens with two attached hydrogens (primary N) is 1. The fourth-order valence-corrected chi connectivity index (χ4v) is 2.66. The highest BCUT2D eigenvalue weighted by molar-refractivity contribution is 7.09. The Labute approximate surface area is 120 Å². The lowest BCUT2D eigenvalue weighted by molar-refractivity contribution is 0.356. The van der Waals surface area contributed by atoms with Gasteiger partial charge in [0.1, 0.15) is 0 Å². The Hall–Kier alpha value is -1.58. The van der Waals surface area contributed by atoms with E-state index in [4.69, 9.17) is 5.84 Å². The van der Waals surface area contributed by atoms with Crippen LogP contribution in [0.4, 0.5) is 22.0 Å². The van der Waals surface area contributed by atoms with Crippen LogP contribution in [0.3, 0.4) is 0 Å². The van der Waals surface area contributed by atoms with Gasteiger partial charge in [-0.15, -0.1) is 11.3 Å². The van der Waals surface area contributed by atoms with Crippen molar-refractivity contribution in [2.45, 2.75) is 19.4 Å². The van der Waals surface area contributed by atoms with Crippen molar-refractivity contribution in [3.8, 4) is 0 Å². The van der Waals surface area contributed by atoms with Gasteiger partial charge in [0, 0.05) is 23.1 Å². The molecule has 1 atom stereocenters. The fourth-order valence-electron chi connectivity index (χ4n) is 1.84. The van der Waals surface area contributed by atoms with E-state index in [2.05, 4.69) is 10.4 Å². The maximum atomic E-state index is 13.7. The first-order valence-electron chi connectivity index (χ1n) is 5.75. The number of hydrazine groups is 1. The number of hydrogen-bond acceptors (Lipinski definition) is 4. The van der Waals surface area contributed by atoms with Gasteiger partial charge in [0.15, 0.2) is 23.3 Å². The zero-order chi connectivity index (χ0) is 15.7. The van der Waals surface area contributed by atoms with E-state index in [1.54, 1.807) is 12.3 Å². The van der Waals surface area contributed by atoms with Gasteiger partial charge in [0.25, 0.3) is 0 Å². The second-order valence-corrected chi connectivity index (χ2v) is 5.23. The normalized spacial score (nSPS) is 12.7. The number of benzene rings is 1. The SMILES string of the molecule is Cc1csc(CC(NN)c2c(F)c(F)c(F)c(F)c2F)n1. The molecule has 9 heteroatoms. The molecule has 2 rings (SSSR count). The van der Waals surface area contributed by atoms with Gasteiger partial charge in [-0.2, -0.15) is 0 Å².